The lowest BCUT2D eigenvalue weighted by molar-refractivity contribution is -0.116. The molecule has 6 nitrogen and oxygen atoms in total. The fourth-order valence-corrected chi connectivity index (χ4v) is 2.74. The molecule has 1 aromatic heterocycles. The third-order valence-electron chi connectivity index (χ3n) is 4.26. The minimum atomic E-state index is -0.0243. The van der Waals surface area contributed by atoms with Gasteiger partial charge in [-0.2, -0.15) is 4.98 Å². The molecule has 0 fully saturated rings. The van der Waals surface area contributed by atoms with Gasteiger partial charge in [-0.25, -0.2) is 0 Å². The Morgan fingerprint density at radius 2 is 1.93 bits per heavy atom. The van der Waals surface area contributed by atoms with Crippen molar-refractivity contribution >= 4 is 11.6 Å². The maximum Gasteiger partial charge on any atom is 0.226 e. The molecule has 1 amide bonds. The van der Waals surface area contributed by atoms with Crippen molar-refractivity contribution in [2.24, 2.45) is 0 Å². The third kappa shape index (κ3) is 4.94. The van der Waals surface area contributed by atoms with Crippen molar-refractivity contribution < 1.29 is 14.1 Å². The molecule has 27 heavy (non-hydrogen) atoms. The van der Waals surface area contributed by atoms with E-state index in [1.165, 1.54) is 5.56 Å². The van der Waals surface area contributed by atoms with Gasteiger partial charge in [0.05, 0.1) is 12.7 Å². The second-order valence-electron chi connectivity index (χ2n) is 6.16. The molecule has 0 radical (unpaired) electrons. The first-order valence-corrected chi connectivity index (χ1v) is 9.04. The molecular formula is C21H23N3O3. The number of ether oxygens (including phenoxy) is 1. The molecule has 0 unspecified atom stereocenters. The topological polar surface area (TPSA) is 77.2 Å². The minimum absolute atomic E-state index is 0.0243. The van der Waals surface area contributed by atoms with Crippen molar-refractivity contribution in [1.29, 1.82) is 0 Å². The van der Waals surface area contributed by atoms with Gasteiger partial charge in [-0.05, 0) is 42.7 Å². The highest BCUT2D eigenvalue weighted by atomic mass is 16.5. The summed E-state index contributed by atoms with van der Waals surface area (Å²) < 4.78 is 10.6. The Balaban J connectivity index is 1.50. The van der Waals surface area contributed by atoms with Crippen LogP contribution in [0.25, 0.3) is 11.4 Å². The number of rotatable bonds is 8. The van der Waals surface area contributed by atoms with Crippen molar-refractivity contribution in [2.45, 2.75) is 32.6 Å². The van der Waals surface area contributed by atoms with Crippen LogP contribution in [0.2, 0.25) is 0 Å². The third-order valence-corrected chi connectivity index (χ3v) is 4.26. The van der Waals surface area contributed by atoms with Gasteiger partial charge in [-0.15, -0.1) is 0 Å². The van der Waals surface area contributed by atoms with Crippen LogP contribution in [0.5, 0.6) is 5.75 Å². The Kier molecular flexibility index (Phi) is 6.20. The predicted molar refractivity (Wildman–Crippen MR) is 104 cm³/mol. The first-order valence-electron chi connectivity index (χ1n) is 9.04. The molecule has 140 valence electrons. The molecule has 3 rings (SSSR count). The van der Waals surface area contributed by atoms with E-state index in [9.17, 15) is 4.79 Å². The number of methoxy groups -OCH3 is 1. The Morgan fingerprint density at radius 3 is 2.67 bits per heavy atom. The molecule has 0 saturated heterocycles. The van der Waals surface area contributed by atoms with Crippen LogP contribution in [0, 0.1) is 0 Å². The van der Waals surface area contributed by atoms with Gasteiger partial charge >= 0.3 is 0 Å². The van der Waals surface area contributed by atoms with Crippen LogP contribution in [-0.2, 0) is 17.6 Å². The number of hydrogen-bond acceptors (Lipinski definition) is 5. The number of hydrogen-bond donors (Lipinski definition) is 1. The molecule has 3 aromatic rings. The van der Waals surface area contributed by atoms with Gasteiger partial charge in [0.15, 0.2) is 0 Å². The zero-order valence-corrected chi connectivity index (χ0v) is 15.6. The zero-order chi connectivity index (χ0) is 19.1. The van der Waals surface area contributed by atoms with Crippen LogP contribution in [0.3, 0.4) is 0 Å². The quantitative estimate of drug-likeness (QED) is 0.645. The molecule has 1 N–H and O–H groups in total. The maximum absolute atomic E-state index is 12.1. The molecular weight excluding hydrogens is 342 g/mol. The van der Waals surface area contributed by atoms with Crippen molar-refractivity contribution in [3.63, 3.8) is 0 Å². The number of aryl methyl sites for hydroxylation is 2. The molecule has 0 aliphatic carbocycles. The second kappa shape index (κ2) is 8.98. The van der Waals surface area contributed by atoms with Gasteiger partial charge in [0.1, 0.15) is 5.75 Å². The van der Waals surface area contributed by atoms with E-state index in [1.54, 1.807) is 7.11 Å². The average molecular weight is 365 g/mol. The number of para-hydroxylation sites is 1. The summed E-state index contributed by atoms with van der Waals surface area (Å²) in [5, 5.41) is 6.91. The van der Waals surface area contributed by atoms with E-state index in [0.717, 1.165) is 17.7 Å². The van der Waals surface area contributed by atoms with Crippen LogP contribution in [-0.4, -0.2) is 23.2 Å². The number of aromatic nitrogens is 2. The van der Waals surface area contributed by atoms with E-state index in [4.69, 9.17) is 9.26 Å². The number of carbonyl (C=O) groups is 1. The lowest BCUT2D eigenvalue weighted by Gasteiger charge is -2.05. The Hall–Kier alpha value is -3.15. The summed E-state index contributed by atoms with van der Waals surface area (Å²) in [6, 6.07) is 15.4. The predicted octanol–water partition coefficient (Wildman–Crippen LogP) is 4.27. The monoisotopic (exact) mass is 365 g/mol. The lowest BCUT2D eigenvalue weighted by Crippen LogP contribution is -2.11. The highest BCUT2D eigenvalue weighted by Gasteiger charge is 2.13. The number of nitrogens with one attached hydrogen (secondary N) is 1. The molecule has 0 aliphatic heterocycles. The zero-order valence-electron chi connectivity index (χ0n) is 15.6. The minimum Gasteiger partial charge on any atom is -0.496 e. The fraction of sp³-hybridized carbons (Fsp3) is 0.286. The van der Waals surface area contributed by atoms with Crippen molar-refractivity contribution in [2.75, 3.05) is 12.4 Å². The summed E-state index contributed by atoms with van der Waals surface area (Å²) in [7, 11) is 1.61. The van der Waals surface area contributed by atoms with Gasteiger partial charge in [0.25, 0.3) is 0 Å². The van der Waals surface area contributed by atoms with Crippen molar-refractivity contribution in [3.05, 3.63) is 60.0 Å². The molecule has 1 heterocycles. The molecule has 6 heteroatoms. The first-order chi connectivity index (χ1) is 13.2. The van der Waals surface area contributed by atoms with Gasteiger partial charge < -0.3 is 14.6 Å². The largest absolute Gasteiger partial charge is 0.496 e. The number of nitrogens with zero attached hydrogens (tertiary/aromatic N) is 2. The van der Waals surface area contributed by atoms with E-state index in [2.05, 4.69) is 22.4 Å². The summed E-state index contributed by atoms with van der Waals surface area (Å²) in [5.74, 6) is 1.67. The number of carbonyl (C=O) groups excluding carboxylic acids is 1. The Bertz CT molecular complexity index is 888. The average Bonchev–Trinajstić information content (AvgIpc) is 3.17. The van der Waals surface area contributed by atoms with E-state index in [-0.39, 0.29) is 5.91 Å². The van der Waals surface area contributed by atoms with Gasteiger partial charge in [-0.1, -0.05) is 36.3 Å². The van der Waals surface area contributed by atoms with Gasteiger partial charge in [0, 0.05) is 18.5 Å². The summed E-state index contributed by atoms with van der Waals surface area (Å²) in [5.41, 5.74) is 2.84. The van der Waals surface area contributed by atoms with E-state index < -0.39 is 0 Å². The molecule has 2 aromatic carbocycles. The smallest absolute Gasteiger partial charge is 0.226 e. The van der Waals surface area contributed by atoms with E-state index in [0.29, 0.717) is 36.7 Å². The molecule has 0 saturated carbocycles. The molecule has 0 spiro atoms. The SMILES string of the molecule is CCc1ccc(NC(=O)CCCc2nc(-c3ccccc3OC)no2)cc1. The second-order valence-corrected chi connectivity index (χ2v) is 6.16. The molecule has 0 aliphatic rings. The van der Waals surface area contributed by atoms with E-state index >= 15 is 0 Å². The molecule has 0 bridgehead atoms. The van der Waals surface area contributed by atoms with Crippen LogP contribution in [0.1, 0.15) is 31.2 Å². The normalized spacial score (nSPS) is 10.6. The number of anilines is 1. The van der Waals surface area contributed by atoms with Crippen molar-refractivity contribution in [1.82, 2.24) is 10.1 Å². The van der Waals surface area contributed by atoms with Gasteiger partial charge in [-0.3, -0.25) is 4.79 Å². The molecule has 0 atom stereocenters. The van der Waals surface area contributed by atoms with Gasteiger partial charge in [0.2, 0.25) is 17.6 Å². The fourth-order valence-electron chi connectivity index (χ4n) is 2.74. The van der Waals surface area contributed by atoms with Crippen molar-refractivity contribution in [3.8, 4) is 17.1 Å². The highest BCUT2D eigenvalue weighted by Crippen LogP contribution is 2.27. The maximum atomic E-state index is 12.1. The standard InChI is InChI=1S/C21H23N3O3/c1-3-15-11-13-16(14-12-15)22-19(25)9-6-10-20-23-21(24-27-20)17-7-4-5-8-18(17)26-2/h4-5,7-8,11-14H,3,6,9-10H2,1-2H3,(H,22,25). The summed E-state index contributed by atoms with van der Waals surface area (Å²) in [6.07, 6.45) is 2.55. The summed E-state index contributed by atoms with van der Waals surface area (Å²) >= 11 is 0. The van der Waals surface area contributed by atoms with Crippen LogP contribution in [0.15, 0.2) is 53.1 Å². The number of amides is 1. The Labute approximate surface area is 158 Å². The van der Waals surface area contributed by atoms with Crippen LogP contribution in [0.4, 0.5) is 5.69 Å². The highest BCUT2D eigenvalue weighted by molar-refractivity contribution is 5.90. The van der Waals surface area contributed by atoms with Crippen LogP contribution >= 0.6 is 0 Å². The number of benzene rings is 2. The summed E-state index contributed by atoms with van der Waals surface area (Å²) in [6.45, 7) is 2.10. The Morgan fingerprint density at radius 1 is 1.15 bits per heavy atom. The summed E-state index contributed by atoms with van der Waals surface area (Å²) in [4.78, 5) is 16.5. The van der Waals surface area contributed by atoms with Crippen LogP contribution < -0.4 is 10.1 Å². The lowest BCUT2D eigenvalue weighted by atomic mass is 10.1. The first kappa shape index (κ1) is 18.6. The van der Waals surface area contributed by atoms with E-state index in [1.807, 2.05) is 48.5 Å².